The van der Waals surface area contributed by atoms with Crippen LogP contribution in [0, 0.1) is 0 Å². The summed E-state index contributed by atoms with van der Waals surface area (Å²) in [7, 11) is 1.61. The molecule has 0 fully saturated rings. The lowest BCUT2D eigenvalue weighted by molar-refractivity contribution is 0.414. The number of halogens is 1. The highest BCUT2D eigenvalue weighted by atomic mass is 35.5. The second kappa shape index (κ2) is 3.78. The van der Waals surface area contributed by atoms with Crippen molar-refractivity contribution in [2.45, 2.75) is 13.0 Å². The lowest BCUT2D eigenvalue weighted by Gasteiger charge is -2.08. The Kier molecular flexibility index (Phi) is 2.95. The molecule has 0 saturated carbocycles. The Morgan fingerprint density at radius 1 is 1.50 bits per heavy atom. The van der Waals surface area contributed by atoms with Crippen molar-refractivity contribution in [1.82, 2.24) is 0 Å². The predicted octanol–water partition coefficient (Wildman–Crippen LogP) is 2.37. The van der Waals surface area contributed by atoms with E-state index < -0.39 is 0 Å². The molecular weight excluding hydrogens is 174 g/mol. The molecule has 1 aromatic carbocycles. The molecular formula is C9H12ClNO. The molecule has 0 aliphatic heterocycles. The van der Waals surface area contributed by atoms with Gasteiger partial charge in [-0.1, -0.05) is 17.7 Å². The van der Waals surface area contributed by atoms with Crippen molar-refractivity contribution in [2.24, 2.45) is 5.73 Å². The lowest BCUT2D eigenvalue weighted by atomic mass is 10.1. The standard InChI is InChI=1S/C9H12ClNO/c1-6(11)8-4-3-7(12-2)5-9(8)10/h3-6H,11H2,1-2H3. The van der Waals surface area contributed by atoms with E-state index >= 15 is 0 Å². The summed E-state index contributed by atoms with van der Waals surface area (Å²) < 4.78 is 5.00. The quantitative estimate of drug-likeness (QED) is 0.768. The summed E-state index contributed by atoms with van der Waals surface area (Å²) in [6.07, 6.45) is 0. The third kappa shape index (κ3) is 1.90. The van der Waals surface area contributed by atoms with Crippen molar-refractivity contribution in [2.75, 3.05) is 7.11 Å². The van der Waals surface area contributed by atoms with Crippen LogP contribution in [0.25, 0.3) is 0 Å². The number of hydrogen-bond acceptors (Lipinski definition) is 2. The number of hydrogen-bond donors (Lipinski definition) is 1. The molecule has 0 amide bonds. The number of methoxy groups -OCH3 is 1. The van der Waals surface area contributed by atoms with Crippen LogP contribution in [-0.4, -0.2) is 7.11 Å². The van der Waals surface area contributed by atoms with E-state index in [4.69, 9.17) is 22.1 Å². The number of ether oxygens (including phenoxy) is 1. The van der Waals surface area contributed by atoms with Crippen molar-refractivity contribution in [3.05, 3.63) is 28.8 Å². The van der Waals surface area contributed by atoms with Crippen LogP contribution in [0.15, 0.2) is 18.2 Å². The topological polar surface area (TPSA) is 35.2 Å². The van der Waals surface area contributed by atoms with Gasteiger partial charge in [-0.05, 0) is 24.6 Å². The summed E-state index contributed by atoms with van der Waals surface area (Å²) in [6.45, 7) is 1.90. The molecule has 0 spiro atoms. The Bertz CT molecular complexity index is 273. The molecule has 0 bridgehead atoms. The van der Waals surface area contributed by atoms with Gasteiger partial charge in [-0.2, -0.15) is 0 Å². The summed E-state index contributed by atoms with van der Waals surface area (Å²) in [6, 6.07) is 5.46. The van der Waals surface area contributed by atoms with Gasteiger partial charge < -0.3 is 10.5 Å². The summed E-state index contributed by atoms with van der Waals surface area (Å²) >= 11 is 5.94. The van der Waals surface area contributed by atoms with Gasteiger partial charge in [-0.25, -0.2) is 0 Å². The highest BCUT2D eigenvalue weighted by Crippen LogP contribution is 2.25. The lowest BCUT2D eigenvalue weighted by Crippen LogP contribution is -2.05. The minimum Gasteiger partial charge on any atom is -0.497 e. The van der Waals surface area contributed by atoms with E-state index in [9.17, 15) is 0 Å². The molecule has 1 aromatic rings. The highest BCUT2D eigenvalue weighted by molar-refractivity contribution is 6.31. The highest BCUT2D eigenvalue weighted by Gasteiger charge is 2.05. The van der Waals surface area contributed by atoms with E-state index in [0.717, 1.165) is 11.3 Å². The van der Waals surface area contributed by atoms with Crippen LogP contribution in [0.5, 0.6) is 5.75 Å². The van der Waals surface area contributed by atoms with Crippen LogP contribution >= 0.6 is 11.6 Å². The van der Waals surface area contributed by atoms with E-state index in [1.807, 2.05) is 19.1 Å². The van der Waals surface area contributed by atoms with E-state index in [-0.39, 0.29) is 6.04 Å². The van der Waals surface area contributed by atoms with Gasteiger partial charge in [0.15, 0.2) is 0 Å². The largest absolute Gasteiger partial charge is 0.497 e. The fourth-order valence-electron chi connectivity index (χ4n) is 1.00. The monoisotopic (exact) mass is 185 g/mol. The Balaban J connectivity index is 3.03. The average Bonchev–Trinajstić information content (AvgIpc) is 2.03. The summed E-state index contributed by atoms with van der Waals surface area (Å²) in [5.74, 6) is 0.754. The molecule has 0 radical (unpaired) electrons. The third-order valence-corrected chi connectivity index (χ3v) is 2.03. The Morgan fingerprint density at radius 3 is 2.58 bits per heavy atom. The van der Waals surface area contributed by atoms with Gasteiger partial charge in [0.2, 0.25) is 0 Å². The number of benzene rings is 1. The van der Waals surface area contributed by atoms with E-state index in [2.05, 4.69) is 0 Å². The average molecular weight is 186 g/mol. The fourth-order valence-corrected chi connectivity index (χ4v) is 1.35. The first-order chi connectivity index (χ1) is 5.65. The first-order valence-electron chi connectivity index (χ1n) is 3.74. The van der Waals surface area contributed by atoms with Gasteiger partial charge in [0, 0.05) is 11.1 Å². The molecule has 12 heavy (non-hydrogen) atoms. The van der Waals surface area contributed by atoms with Crippen LogP contribution in [0.2, 0.25) is 5.02 Å². The van der Waals surface area contributed by atoms with Gasteiger partial charge in [0.25, 0.3) is 0 Å². The van der Waals surface area contributed by atoms with E-state index in [1.54, 1.807) is 13.2 Å². The maximum Gasteiger partial charge on any atom is 0.120 e. The maximum atomic E-state index is 5.94. The molecule has 2 nitrogen and oxygen atoms in total. The molecule has 1 rings (SSSR count). The molecule has 3 heteroatoms. The first kappa shape index (κ1) is 9.36. The van der Waals surface area contributed by atoms with E-state index in [1.165, 1.54) is 0 Å². The first-order valence-corrected chi connectivity index (χ1v) is 4.12. The maximum absolute atomic E-state index is 5.94. The number of nitrogens with two attached hydrogens (primary N) is 1. The Hall–Kier alpha value is -0.730. The van der Waals surface area contributed by atoms with Crippen molar-refractivity contribution in [1.29, 1.82) is 0 Å². The SMILES string of the molecule is COc1ccc(C(C)N)c(Cl)c1. The summed E-state index contributed by atoms with van der Waals surface area (Å²) in [4.78, 5) is 0. The molecule has 2 N–H and O–H groups in total. The fraction of sp³-hybridized carbons (Fsp3) is 0.333. The van der Waals surface area contributed by atoms with Crippen molar-refractivity contribution in [3.8, 4) is 5.75 Å². The Morgan fingerprint density at radius 2 is 2.17 bits per heavy atom. The van der Waals surface area contributed by atoms with Crippen LogP contribution in [-0.2, 0) is 0 Å². The normalized spacial score (nSPS) is 12.7. The van der Waals surface area contributed by atoms with Crippen molar-refractivity contribution >= 4 is 11.6 Å². The predicted molar refractivity (Wildman–Crippen MR) is 50.6 cm³/mol. The summed E-state index contributed by atoms with van der Waals surface area (Å²) in [5, 5.41) is 0.657. The third-order valence-electron chi connectivity index (χ3n) is 1.70. The molecule has 0 heterocycles. The minimum atomic E-state index is -0.0385. The van der Waals surface area contributed by atoms with Crippen molar-refractivity contribution in [3.63, 3.8) is 0 Å². The smallest absolute Gasteiger partial charge is 0.120 e. The molecule has 0 saturated heterocycles. The summed E-state index contributed by atoms with van der Waals surface area (Å²) in [5.41, 5.74) is 6.62. The molecule has 0 aromatic heterocycles. The zero-order valence-electron chi connectivity index (χ0n) is 7.17. The second-order valence-electron chi connectivity index (χ2n) is 2.68. The molecule has 0 aliphatic rings. The minimum absolute atomic E-state index is 0.0385. The van der Waals surface area contributed by atoms with Gasteiger partial charge in [0.05, 0.1) is 7.11 Å². The van der Waals surface area contributed by atoms with Gasteiger partial charge in [-0.3, -0.25) is 0 Å². The zero-order chi connectivity index (χ0) is 9.14. The van der Waals surface area contributed by atoms with E-state index in [0.29, 0.717) is 5.02 Å². The van der Waals surface area contributed by atoms with Crippen LogP contribution < -0.4 is 10.5 Å². The molecule has 0 aliphatic carbocycles. The van der Waals surface area contributed by atoms with Crippen LogP contribution in [0.1, 0.15) is 18.5 Å². The van der Waals surface area contributed by atoms with Crippen molar-refractivity contribution < 1.29 is 4.74 Å². The second-order valence-corrected chi connectivity index (χ2v) is 3.08. The Labute approximate surface area is 77.3 Å². The zero-order valence-corrected chi connectivity index (χ0v) is 7.93. The van der Waals surface area contributed by atoms with Gasteiger partial charge in [-0.15, -0.1) is 0 Å². The van der Waals surface area contributed by atoms with Crippen LogP contribution in [0.4, 0.5) is 0 Å². The molecule has 66 valence electrons. The van der Waals surface area contributed by atoms with Gasteiger partial charge in [0.1, 0.15) is 5.75 Å². The molecule has 1 atom stereocenters. The van der Waals surface area contributed by atoms with Gasteiger partial charge >= 0.3 is 0 Å². The van der Waals surface area contributed by atoms with Crippen LogP contribution in [0.3, 0.4) is 0 Å². The number of rotatable bonds is 2. The molecule has 1 unspecified atom stereocenters.